The Kier molecular flexibility index (Phi) is 3.17. The van der Waals surface area contributed by atoms with Gasteiger partial charge in [0.15, 0.2) is 5.90 Å². The lowest BCUT2D eigenvalue weighted by atomic mass is 10.00. The summed E-state index contributed by atoms with van der Waals surface area (Å²) in [5.41, 5.74) is 0. The summed E-state index contributed by atoms with van der Waals surface area (Å²) >= 11 is 0. The van der Waals surface area contributed by atoms with Gasteiger partial charge in [-0.15, -0.1) is 0 Å². The van der Waals surface area contributed by atoms with Gasteiger partial charge in [-0.25, -0.2) is 0 Å². The van der Waals surface area contributed by atoms with Crippen LogP contribution in [-0.2, 0) is 4.74 Å². The first-order valence-electron chi connectivity index (χ1n) is 4.18. The Morgan fingerprint density at radius 3 is 2.62 bits per heavy atom. The van der Waals surface area contributed by atoms with Crippen LogP contribution in [0, 0.1) is 5.92 Å². The molecule has 0 aromatic carbocycles. The molecule has 0 aliphatic carbocycles. The van der Waals surface area contributed by atoms with Crippen LogP contribution in [0.5, 0.6) is 0 Å². The molecule has 0 aromatic rings. The quantitative estimate of drug-likeness (QED) is 0.581. The Morgan fingerprint density at radius 1 is 1.38 bits per heavy atom. The van der Waals surface area contributed by atoms with Crippen molar-refractivity contribution < 1.29 is 17.9 Å². The predicted octanol–water partition coefficient (Wildman–Crippen LogP) is 2.39. The number of halogens is 3. The molecular formula is C8H12F3NO. The van der Waals surface area contributed by atoms with Crippen molar-refractivity contribution in [1.82, 2.24) is 0 Å². The molecule has 0 spiro atoms. The Morgan fingerprint density at radius 2 is 2.08 bits per heavy atom. The molecule has 0 fully saturated rings. The fourth-order valence-electron chi connectivity index (χ4n) is 1.36. The molecule has 1 heterocycles. The summed E-state index contributed by atoms with van der Waals surface area (Å²) < 4.78 is 41.6. The molecule has 76 valence electrons. The van der Waals surface area contributed by atoms with E-state index in [0.29, 0.717) is 12.3 Å². The molecule has 1 rings (SSSR count). The molecule has 0 saturated heterocycles. The molecule has 0 amide bonds. The van der Waals surface area contributed by atoms with Crippen LogP contribution in [0.25, 0.3) is 0 Å². The molecule has 1 aliphatic rings. The lowest BCUT2D eigenvalue weighted by Gasteiger charge is -2.16. The highest BCUT2D eigenvalue weighted by molar-refractivity contribution is 5.76. The van der Waals surface area contributed by atoms with Gasteiger partial charge in [-0.05, 0) is 12.8 Å². The number of aliphatic imine (C=N–C) groups is 1. The van der Waals surface area contributed by atoms with Crippen LogP contribution in [0.3, 0.4) is 0 Å². The number of alkyl halides is 3. The molecule has 13 heavy (non-hydrogen) atoms. The molecule has 1 unspecified atom stereocenters. The van der Waals surface area contributed by atoms with Gasteiger partial charge in [0.2, 0.25) is 0 Å². The molecule has 0 radical (unpaired) electrons. The van der Waals surface area contributed by atoms with Crippen LogP contribution in [0.15, 0.2) is 4.99 Å². The average Bonchev–Trinajstić information content (AvgIpc) is 2.26. The fourth-order valence-corrected chi connectivity index (χ4v) is 1.36. The summed E-state index contributed by atoms with van der Waals surface area (Å²) in [7, 11) is 1.44. The molecule has 2 nitrogen and oxygen atoms in total. The summed E-state index contributed by atoms with van der Waals surface area (Å²) in [5.74, 6) is -0.782. The van der Waals surface area contributed by atoms with Crippen molar-refractivity contribution in [1.29, 1.82) is 0 Å². The van der Waals surface area contributed by atoms with Gasteiger partial charge < -0.3 is 4.74 Å². The smallest absolute Gasteiger partial charge is 0.391 e. The highest BCUT2D eigenvalue weighted by atomic mass is 19.4. The van der Waals surface area contributed by atoms with E-state index in [-0.39, 0.29) is 19.4 Å². The van der Waals surface area contributed by atoms with Gasteiger partial charge in [-0.3, -0.25) is 4.99 Å². The minimum atomic E-state index is -4.08. The molecule has 0 bridgehead atoms. The lowest BCUT2D eigenvalue weighted by molar-refractivity contribution is -0.176. The largest absolute Gasteiger partial charge is 0.484 e. The zero-order valence-corrected chi connectivity index (χ0v) is 7.40. The number of methoxy groups -OCH3 is 1. The van der Waals surface area contributed by atoms with Gasteiger partial charge in [0.1, 0.15) is 0 Å². The van der Waals surface area contributed by atoms with E-state index >= 15 is 0 Å². The summed E-state index contributed by atoms with van der Waals surface area (Å²) in [6, 6.07) is 0. The fraction of sp³-hybridized carbons (Fsp3) is 0.875. The maximum Gasteiger partial charge on any atom is 0.391 e. The second-order valence-corrected chi connectivity index (χ2v) is 3.05. The van der Waals surface area contributed by atoms with Gasteiger partial charge in [0.05, 0.1) is 13.0 Å². The van der Waals surface area contributed by atoms with Crippen molar-refractivity contribution in [3.8, 4) is 0 Å². The van der Waals surface area contributed by atoms with Crippen LogP contribution in [0.4, 0.5) is 13.2 Å². The van der Waals surface area contributed by atoms with Crippen molar-refractivity contribution in [3.63, 3.8) is 0 Å². The molecule has 0 N–H and O–H groups in total. The second-order valence-electron chi connectivity index (χ2n) is 3.05. The summed E-state index contributed by atoms with van der Waals surface area (Å²) in [5, 5.41) is 0. The first-order valence-corrected chi connectivity index (χ1v) is 4.18. The van der Waals surface area contributed by atoms with Gasteiger partial charge in [0, 0.05) is 13.0 Å². The van der Waals surface area contributed by atoms with Crippen molar-refractivity contribution in [3.05, 3.63) is 0 Å². The van der Waals surface area contributed by atoms with Crippen molar-refractivity contribution >= 4 is 5.90 Å². The Balaban J connectivity index is 2.51. The van der Waals surface area contributed by atoms with Crippen molar-refractivity contribution in [2.45, 2.75) is 25.4 Å². The van der Waals surface area contributed by atoms with Crippen molar-refractivity contribution in [2.24, 2.45) is 10.9 Å². The van der Waals surface area contributed by atoms with E-state index in [4.69, 9.17) is 4.74 Å². The maximum absolute atomic E-state index is 12.3. The van der Waals surface area contributed by atoms with E-state index in [1.165, 1.54) is 7.11 Å². The topological polar surface area (TPSA) is 21.6 Å². The summed E-state index contributed by atoms with van der Waals surface area (Å²) in [6.07, 6.45) is -3.62. The minimum Gasteiger partial charge on any atom is -0.484 e. The van der Waals surface area contributed by atoms with E-state index in [9.17, 15) is 13.2 Å². The van der Waals surface area contributed by atoms with E-state index in [1.54, 1.807) is 0 Å². The number of hydrogen-bond donors (Lipinski definition) is 0. The van der Waals surface area contributed by atoms with Gasteiger partial charge >= 0.3 is 6.18 Å². The Hall–Kier alpha value is -0.740. The van der Waals surface area contributed by atoms with Gasteiger partial charge in [-0.1, -0.05) is 0 Å². The predicted molar refractivity (Wildman–Crippen MR) is 42.7 cm³/mol. The molecule has 5 heteroatoms. The third kappa shape index (κ3) is 2.90. The first kappa shape index (κ1) is 10.3. The summed E-state index contributed by atoms with van der Waals surface area (Å²) in [6.45, 7) is 0.216. The number of hydrogen-bond acceptors (Lipinski definition) is 2. The van der Waals surface area contributed by atoms with E-state index in [1.807, 2.05) is 0 Å². The third-order valence-electron chi connectivity index (χ3n) is 2.17. The number of rotatable bonds is 0. The monoisotopic (exact) mass is 195 g/mol. The van der Waals surface area contributed by atoms with Crippen LogP contribution >= 0.6 is 0 Å². The van der Waals surface area contributed by atoms with E-state index in [0.717, 1.165) is 0 Å². The average molecular weight is 195 g/mol. The maximum atomic E-state index is 12.3. The Labute approximate surface area is 74.8 Å². The standard InChI is InChI=1S/C8H12F3NO/c1-13-7-3-2-6(4-5-12-7)8(9,10)11/h6H,2-5H2,1H3. The number of nitrogens with zero attached hydrogens (tertiary/aromatic N) is 1. The highest BCUT2D eigenvalue weighted by Gasteiger charge is 2.39. The summed E-state index contributed by atoms with van der Waals surface area (Å²) in [4.78, 5) is 3.90. The second kappa shape index (κ2) is 3.98. The SMILES string of the molecule is COC1=NCCC(C(F)(F)F)CC1. The van der Waals surface area contributed by atoms with Crippen molar-refractivity contribution in [2.75, 3.05) is 13.7 Å². The zero-order valence-electron chi connectivity index (χ0n) is 7.40. The molecule has 1 aliphatic heterocycles. The first-order chi connectivity index (χ1) is 6.04. The third-order valence-corrected chi connectivity index (χ3v) is 2.17. The lowest BCUT2D eigenvalue weighted by Crippen LogP contribution is -2.23. The van der Waals surface area contributed by atoms with Crippen LogP contribution in [-0.4, -0.2) is 25.7 Å². The Bertz CT molecular complexity index is 200. The van der Waals surface area contributed by atoms with Gasteiger partial charge in [0.25, 0.3) is 0 Å². The minimum absolute atomic E-state index is 0.0797. The number of ether oxygens (including phenoxy) is 1. The highest BCUT2D eigenvalue weighted by Crippen LogP contribution is 2.33. The molecular weight excluding hydrogens is 183 g/mol. The van der Waals surface area contributed by atoms with E-state index < -0.39 is 12.1 Å². The molecule has 1 atom stereocenters. The molecule has 0 saturated carbocycles. The van der Waals surface area contributed by atoms with Crippen LogP contribution in [0.2, 0.25) is 0 Å². The molecule has 0 aromatic heterocycles. The van der Waals surface area contributed by atoms with E-state index in [2.05, 4.69) is 4.99 Å². The normalized spacial score (nSPS) is 24.9. The van der Waals surface area contributed by atoms with Crippen LogP contribution < -0.4 is 0 Å². The van der Waals surface area contributed by atoms with Crippen LogP contribution in [0.1, 0.15) is 19.3 Å². The van der Waals surface area contributed by atoms with Gasteiger partial charge in [-0.2, -0.15) is 13.2 Å². The zero-order chi connectivity index (χ0) is 9.90.